The molecule has 2 aromatic carbocycles. The lowest BCUT2D eigenvalue weighted by Crippen LogP contribution is -2.34. The Morgan fingerprint density at radius 3 is 2.39 bits per heavy atom. The molecule has 1 aliphatic rings. The third-order valence-electron chi connectivity index (χ3n) is 4.91. The Kier molecular flexibility index (Phi) is 5.50. The minimum Gasteiger partial charge on any atom is -0.322 e. The summed E-state index contributed by atoms with van der Waals surface area (Å²) in [5.41, 5.74) is 2.86. The molecule has 1 aliphatic heterocycles. The largest absolute Gasteiger partial charge is 0.322 e. The fraction of sp³-hybridized carbons (Fsp3) is 0.190. The van der Waals surface area contributed by atoms with Crippen molar-refractivity contribution in [2.45, 2.75) is 19.4 Å². The molecule has 3 aromatic rings. The lowest BCUT2D eigenvalue weighted by molar-refractivity contribution is 0.102. The Morgan fingerprint density at radius 1 is 1.06 bits per heavy atom. The fourth-order valence-corrected chi connectivity index (χ4v) is 5.40. The van der Waals surface area contributed by atoms with Crippen LogP contribution in [-0.4, -0.2) is 37.5 Å². The molecular formula is C21H20N4O4S2. The number of hydrogen-bond donors (Lipinski definition) is 2. The molecule has 2 N–H and O–H groups in total. The molecule has 1 atom stereocenters. The van der Waals surface area contributed by atoms with Gasteiger partial charge in [0.1, 0.15) is 0 Å². The second-order valence-electron chi connectivity index (χ2n) is 7.28. The quantitative estimate of drug-likeness (QED) is 0.612. The molecule has 2 amide bonds. The number of nitrogens with zero attached hydrogens (tertiary/aromatic N) is 2. The molecule has 0 bridgehead atoms. The van der Waals surface area contributed by atoms with E-state index in [4.69, 9.17) is 0 Å². The van der Waals surface area contributed by atoms with Gasteiger partial charge in [-0.15, -0.1) is 11.3 Å². The van der Waals surface area contributed by atoms with Crippen molar-refractivity contribution in [1.82, 2.24) is 4.98 Å². The van der Waals surface area contributed by atoms with Crippen LogP contribution < -0.4 is 14.9 Å². The van der Waals surface area contributed by atoms with E-state index in [1.807, 2.05) is 6.92 Å². The molecule has 10 heteroatoms. The number of hydrogen-bond acceptors (Lipinski definition) is 6. The molecule has 1 aromatic heterocycles. The number of nitrogens with one attached hydrogen (secondary N) is 2. The number of amides is 2. The summed E-state index contributed by atoms with van der Waals surface area (Å²) in [7, 11) is -3.38. The number of fused-ring (bicyclic) bond motifs is 1. The summed E-state index contributed by atoms with van der Waals surface area (Å²) < 4.78 is 25.5. The van der Waals surface area contributed by atoms with Gasteiger partial charge in [-0.2, -0.15) is 0 Å². The van der Waals surface area contributed by atoms with Crippen molar-refractivity contribution in [2.75, 3.05) is 21.2 Å². The van der Waals surface area contributed by atoms with Gasteiger partial charge in [0.15, 0.2) is 5.13 Å². The van der Waals surface area contributed by atoms with Crippen molar-refractivity contribution in [1.29, 1.82) is 0 Å². The molecular weight excluding hydrogens is 436 g/mol. The molecule has 0 saturated carbocycles. The maximum atomic E-state index is 12.7. The maximum absolute atomic E-state index is 12.7. The van der Waals surface area contributed by atoms with Gasteiger partial charge in [-0.25, -0.2) is 13.4 Å². The summed E-state index contributed by atoms with van der Waals surface area (Å²) in [5.74, 6) is -0.593. The molecule has 1 unspecified atom stereocenters. The topological polar surface area (TPSA) is 108 Å². The van der Waals surface area contributed by atoms with E-state index in [0.717, 1.165) is 5.56 Å². The normalized spacial score (nSPS) is 15.4. The summed E-state index contributed by atoms with van der Waals surface area (Å²) in [6, 6.07) is 11.3. The van der Waals surface area contributed by atoms with Crippen molar-refractivity contribution >= 4 is 49.7 Å². The Bertz CT molecular complexity index is 1240. The maximum Gasteiger partial charge on any atom is 0.257 e. The SMILES string of the molecule is CC1Cc2cc(C(=O)Nc3ccc(C(=O)Nc4nccs4)cc3)ccc2N1S(C)(=O)=O. The number of thiazole rings is 1. The van der Waals surface area contributed by atoms with E-state index in [9.17, 15) is 18.0 Å². The van der Waals surface area contributed by atoms with Crippen LogP contribution in [0.25, 0.3) is 0 Å². The molecule has 0 saturated heterocycles. The lowest BCUT2D eigenvalue weighted by Gasteiger charge is -2.21. The molecule has 31 heavy (non-hydrogen) atoms. The van der Waals surface area contributed by atoms with Gasteiger partial charge in [-0.05, 0) is 61.4 Å². The number of sulfonamides is 1. The van der Waals surface area contributed by atoms with Crippen molar-refractivity contribution in [3.05, 3.63) is 70.7 Å². The minimum absolute atomic E-state index is 0.189. The summed E-state index contributed by atoms with van der Waals surface area (Å²) in [6.45, 7) is 1.84. The third kappa shape index (κ3) is 4.44. The molecule has 8 nitrogen and oxygen atoms in total. The fourth-order valence-electron chi connectivity index (χ4n) is 3.61. The van der Waals surface area contributed by atoms with Crippen LogP contribution in [0.2, 0.25) is 0 Å². The highest BCUT2D eigenvalue weighted by atomic mass is 32.2. The predicted octanol–water partition coefficient (Wildman–Crippen LogP) is 3.36. The number of anilines is 3. The smallest absolute Gasteiger partial charge is 0.257 e. The first-order valence-corrected chi connectivity index (χ1v) is 12.2. The number of rotatable bonds is 5. The highest BCUT2D eigenvalue weighted by Gasteiger charge is 2.32. The van der Waals surface area contributed by atoms with Crippen molar-refractivity contribution in [3.63, 3.8) is 0 Å². The first-order valence-electron chi connectivity index (χ1n) is 9.47. The minimum atomic E-state index is -3.38. The molecule has 2 heterocycles. The molecule has 0 spiro atoms. The Hall–Kier alpha value is -3.24. The van der Waals surface area contributed by atoms with Crippen LogP contribution in [0.1, 0.15) is 33.2 Å². The van der Waals surface area contributed by atoms with Crippen LogP contribution in [0.15, 0.2) is 54.0 Å². The summed E-state index contributed by atoms with van der Waals surface area (Å²) in [6.07, 6.45) is 3.34. The lowest BCUT2D eigenvalue weighted by atomic mass is 10.1. The van der Waals surface area contributed by atoms with Gasteiger partial charge in [0, 0.05) is 34.4 Å². The van der Waals surface area contributed by atoms with Crippen LogP contribution in [0, 0.1) is 0 Å². The van der Waals surface area contributed by atoms with Crippen LogP contribution in [0.5, 0.6) is 0 Å². The highest BCUT2D eigenvalue weighted by molar-refractivity contribution is 7.92. The van der Waals surface area contributed by atoms with E-state index in [2.05, 4.69) is 15.6 Å². The van der Waals surface area contributed by atoms with Crippen molar-refractivity contribution in [2.24, 2.45) is 0 Å². The Morgan fingerprint density at radius 2 is 1.74 bits per heavy atom. The number of aromatic nitrogens is 1. The Labute approximate surface area is 184 Å². The zero-order valence-electron chi connectivity index (χ0n) is 16.8. The Balaban J connectivity index is 1.45. The zero-order valence-corrected chi connectivity index (χ0v) is 18.5. The summed E-state index contributed by atoms with van der Waals surface area (Å²) in [5, 5.41) is 7.79. The molecule has 4 rings (SSSR count). The standard InChI is InChI=1S/C21H20N4O4S2/c1-13-11-16-12-15(5-8-18(16)25(13)31(2,28)29)20(27)23-17-6-3-14(4-7-17)19(26)24-21-22-9-10-30-21/h3-10,12-13H,11H2,1-2H3,(H,23,27)(H,22,24,26). The first kappa shape index (κ1) is 21.0. The van der Waals surface area contributed by atoms with E-state index in [1.165, 1.54) is 21.9 Å². The van der Waals surface area contributed by atoms with Gasteiger partial charge in [-0.1, -0.05) is 0 Å². The van der Waals surface area contributed by atoms with Crippen LogP contribution >= 0.6 is 11.3 Å². The predicted molar refractivity (Wildman–Crippen MR) is 121 cm³/mol. The van der Waals surface area contributed by atoms with Crippen LogP contribution in [-0.2, 0) is 16.4 Å². The second-order valence-corrected chi connectivity index (χ2v) is 10.0. The van der Waals surface area contributed by atoms with Gasteiger partial charge in [-0.3, -0.25) is 19.2 Å². The van der Waals surface area contributed by atoms with Gasteiger partial charge in [0.2, 0.25) is 10.0 Å². The highest BCUT2D eigenvalue weighted by Crippen LogP contribution is 2.34. The van der Waals surface area contributed by atoms with Gasteiger partial charge < -0.3 is 5.32 Å². The van der Waals surface area contributed by atoms with E-state index < -0.39 is 10.0 Å². The third-order valence-corrected chi connectivity index (χ3v) is 6.87. The van der Waals surface area contributed by atoms with E-state index in [0.29, 0.717) is 34.1 Å². The van der Waals surface area contributed by atoms with E-state index in [1.54, 1.807) is 54.0 Å². The van der Waals surface area contributed by atoms with Gasteiger partial charge >= 0.3 is 0 Å². The average molecular weight is 457 g/mol. The summed E-state index contributed by atoms with van der Waals surface area (Å²) >= 11 is 1.33. The number of carbonyl (C=O) groups excluding carboxylic acids is 2. The summed E-state index contributed by atoms with van der Waals surface area (Å²) in [4.78, 5) is 28.9. The second kappa shape index (κ2) is 8.12. The number of carbonyl (C=O) groups is 2. The number of benzene rings is 2. The molecule has 160 valence electrons. The average Bonchev–Trinajstić information content (AvgIpc) is 3.33. The van der Waals surface area contributed by atoms with Crippen LogP contribution in [0.3, 0.4) is 0 Å². The molecule has 0 radical (unpaired) electrons. The van der Waals surface area contributed by atoms with Crippen molar-refractivity contribution in [3.8, 4) is 0 Å². The zero-order chi connectivity index (χ0) is 22.2. The first-order chi connectivity index (χ1) is 14.7. The van der Waals surface area contributed by atoms with Crippen molar-refractivity contribution < 1.29 is 18.0 Å². The monoisotopic (exact) mass is 456 g/mol. The van der Waals surface area contributed by atoms with Gasteiger partial charge in [0.05, 0.1) is 11.9 Å². The molecule has 0 aliphatic carbocycles. The molecule has 0 fully saturated rings. The van der Waals surface area contributed by atoms with E-state index >= 15 is 0 Å². The van der Waals surface area contributed by atoms with Crippen LogP contribution in [0.4, 0.5) is 16.5 Å². The van der Waals surface area contributed by atoms with E-state index in [-0.39, 0.29) is 17.9 Å². The van der Waals surface area contributed by atoms with Gasteiger partial charge in [0.25, 0.3) is 11.8 Å².